The first-order valence-electron chi connectivity index (χ1n) is 16.3. The van der Waals surface area contributed by atoms with Crippen LogP contribution in [0.2, 0.25) is 0 Å². The fourth-order valence-corrected chi connectivity index (χ4v) is 7.04. The van der Waals surface area contributed by atoms with E-state index in [9.17, 15) is 44.7 Å². The van der Waals surface area contributed by atoms with Crippen LogP contribution in [0.5, 0.6) is 0 Å². The van der Waals surface area contributed by atoms with E-state index in [4.69, 9.17) is 23.7 Å². The molecule has 2 fully saturated rings. The van der Waals surface area contributed by atoms with Gasteiger partial charge in [0.1, 0.15) is 30.2 Å². The highest BCUT2D eigenvalue weighted by Gasteiger charge is 2.64. The maximum Gasteiger partial charge on any atom is 0.337 e. The zero-order valence-electron chi connectivity index (χ0n) is 29.1. The molecule has 4 aliphatic heterocycles. The monoisotopic (exact) mass is 684 g/mol. The average Bonchev–Trinajstić information content (AvgIpc) is 3.73. The summed E-state index contributed by atoms with van der Waals surface area (Å²) in [6.45, 7) is 10.7. The fourth-order valence-electron chi connectivity index (χ4n) is 7.04. The number of methoxy groups -OCH3 is 1. The smallest absolute Gasteiger partial charge is 0.337 e. The minimum absolute atomic E-state index is 0.183. The van der Waals surface area contributed by atoms with E-state index in [1.165, 1.54) is 27.0 Å². The Morgan fingerprint density at radius 3 is 2.29 bits per heavy atom. The number of esters is 2. The van der Waals surface area contributed by atoms with Crippen molar-refractivity contribution in [3.05, 3.63) is 23.8 Å². The molecule has 5 N–H and O–H groups in total. The molecular formula is C34H52O14. The van der Waals surface area contributed by atoms with Crippen molar-refractivity contribution >= 4 is 23.5 Å². The SMILES string of the molecule is C/C=C\[C@H](C)[C@H]1O[C@]1(C)[C@@H](O)[C@H]1COC(=O)[C@H](O)[C@@H](OC)[C@H](C)C(=O)[C@H](C)[C@@H](OC(C)=O)/C(C)=C/[C@H](C)C2(O)C[C@H](O)[C@@](O)(CO2)C1=O. The minimum Gasteiger partial charge on any atom is -0.463 e. The molecular weight excluding hydrogens is 632 g/mol. The number of ketones is 2. The summed E-state index contributed by atoms with van der Waals surface area (Å²) >= 11 is 0. The molecule has 4 aliphatic rings. The van der Waals surface area contributed by atoms with Crippen LogP contribution >= 0.6 is 0 Å². The number of aliphatic hydroxyl groups excluding tert-OH is 3. The van der Waals surface area contributed by atoms with E-state index >= 15 is 0 Å². The Morgan fingerprint density at radius 1 is 1.12 bits per heavy atom. The molecule has 0 radical (unpaired) electrons. The Kier molecular flexibility index (Phi) is 12.6. The number of hydrogen-bond acceptors (Lipinski definition) is 14. The van der Waals surface area contributed by atoms with Crippen LogP contribution in [-0.4, -0.2) is 123 Å². The summed E-state index contributed by atoms with van der Waals surface area (Å²) in [6, 6.07) is 0. The normalized spacial score (nSPS) is 44.2. The lowest BCUT2D eigenvalue weighted by Crippen LogP contribution is -2.66. The summed E-state index contributed by atoms with van der Waals surface area (Å²) in [6.07, 6.45) is -4.24. The zero-order valence-corrected chi connectivity index (χ0v) is 29.1. The van der Waals surface area contributed by atoms with Crippen LogP contribution in [0.4, 0.5) is 0 Å². The second-order valence-corrected chi connectivity index (χ2v) is 13.8. The molecule has 272 valence electrons. The van der Waals surface area contributed by atoms with Gasteiger partial charge in [-0.25, -0.2) is 4.79 Å². The third-order valence-corrected chi connectivity index (χ3v) is 10.2. The molecule has 14 nitrogen and oxygen atoms in total. The summed E-state index contributed by atoms with van der Waals surface area (Å²) in [5.74, 6) is -10.7. The first kappa shape index (κ1) is 39.9. The molecule has 4 heterocycles. The van der Waals surface area contributed by atoms with E-state index < -0.39 is 120 Å². The fraction of sp³-hybridized carbons (Fsp3) is 0.765. The summed E-state index contributed by atoms with van der Waals surface area (Å²) in [5, 5.41) is 56.8. The van der Waals surface area contributed by atoms with Gasteiger partial charge in [-0.05, 0) is 26.3 Å². The molecule has 4 rings (SSSR count). The van der Waals surface area contributed by atoms with Crippen molar-refractivity contribution in [2.45, 2.75) is 115 Å². The van der Waals surface area contributed by atoms with Gasteiger partial charge in [0.2, 0.25) is 0 Å². The molecule has 14 atom stereocenters. The van der Waals surface area contributed by atoms with Crippen molar-refractivity contribution in [2.24, 2.45) is 29.6 Å². The molecule has 2 bridgehead atoms. The van der Waals surface area contributed by atoms with Crippen molar-refractivity contribution in [1.82, 2.24) is 0 Å². The third kappa shape index (κ3) is 7.76. The van der Waals surface area contributed by atoms with E-state index in [-0.39, 0.29) is 5.92 Å². The van der Waals surface area contributed by atoms with Crippen LogP contribution in [0.1, 0.15) is 61.8 Å². The van der Waals surface area contributed by atoms with Gasteiger partial charge < -0.3 is 49.2 Å². The van der Waals surface area contributed by atoms with Gasteiger partial charge in [-0.1, -0.05) is 45.9 Å². The van der Waals surface area contributed by atoms with Gasteiger partial charge in [-0.2, -0.15) is 0 Å². The minimum atomic E-state index is -2.66. The number of fused-ring (bicyclic) bond motifs is 14. The van der Waals surface area contributed by atoms with Crippen molar-refractivity contribution in [1.29, 1.82) is 0 Å². The molecule has 14 heteroatoms. The number of Topliss-reactive ketones (excluding diaryl/α,β-unsaturated/α-hetero) is 2. The van der Waals surface area contributed by atoms with Crippen molar-refractivity contribution in [3.8, 4) is 0 Å². The molecule has 0 aromatic heterocycles. The van der Waals surface area contributed by atoms with Crippen LogP contribution in [0, 0.1) is 29.6 Å². The highest BCUT2D eigenvalue weighted by molar-refractivity contribution is 5.91. The standard InChI is InChI=1S/C34H52O14/c1-10-11-16(2)30-32(8,48-30)28(39)22-14-45-31(41)25(38)27(44-9)20(6)24(37)19(5)26(47-21(7)35)17(3)12-18(4)34(43)13-23(36)33(42,15-46-34)29(22)40/h10-12,16,18-20,22-23,25-28,30,36,38-39,42-43H,13-15H2,1-9H3/b11-10-,17-12+/t16-,18-,19-,20+,22+,23-,25+,26-,27-,28-,30+,32+,33-,34?/m0/s1. The van der Waals surface area contributed by atoms with E-state index in [0.29, 0.717) is 5.57 Å². The summed E-state index contributed by atoms with van der Waals surface area (Å²) in [4.78, 5) is 53.0. The predicted octanol–water partition coefficient (Wildman–Crippen LogP) is 0.391. The molecule has 0 aromatic carbocycles. The highest BCUT2D eigenvalue weighted by atomic mass is 16.6. The van der Waals surface area contributed by atoms with Gasteiger partial charge >= 0.3 is 11.9 Å². The Labute approximate surface area is 281 Å². The number of epoxide rings is 1. The molecule has 1 unspecified atom stereocenters. The molecule has 0 saturated carbocycles. The number of carbonyl (C=O) groups excluding carboxylic acids is 4. The van der Waals surface area contributed by atoms with Crippen molar-refractivity contribution in [2.75, 3.05) is 20.3 Å². The molecule has 0 aromatic rings. The molecule has 0 aliphatic carbocycles. The van der Waals surface area contributed by atoms with Gasteiger partial charge in [0.25, 0.3) is 0 Å². The number of rotatable bonds is 6. The molecule has 0 spiro atoms. The number of hydrogen-bond donors (Lipinski definition) is 5. The lowest BCUT2D eigenvalue weighted by molar-refractivity contribution is -0.303. The number of carbonyl (C=O) groups is 4. The van der Waals surface area contributed by atoms with Gasteiger partial charge in [0.05, 0.1) is 36.8 Å². The first-order chi connectivity index (χ1) is 22.2. The number of allylic oxidation sites excluding steroid dienone is 1. The summed E-state index contributed by atoms with van der Waals surface area (Å²) in [5.41, 5.74) is -3.64. The third-order valence-electron chi connectivity index (χ3n) is 10.2. The molecule has 48 heavy (non-hydrogen) atoms. The summed E-state index contributed by atoms with van der Waals surface area (Å²) in [7, 11) is 1.18. The Hall–Kier alpha value is -2.56. The van der Waals surface area contributed by atoms with Crippen LogP contribution < -0.4 is 0 Å². The van der Waals surface area contributed by atoms with Crippen LogP contribution in [-0.2, 0) is 42.9 Å². The van der Waals surface area contributed by atoms with E-state index in [2.05, 4.69) is 0 Å². The first-order valence-corrected chi connectivity index (χ1v) is 16.3. The van der Waals surface area contributed by atoms with Gasteiger partial charge in [-0.15, -0.1) is 0 Å². The van der Waals surface area contributed by atoms with Crippen LogP contribution in [0.25, 0.3) is 0 Å². The second kappa shape index (κ2) is 15.1. The Bertz CT molecular complexity index is 1280. The maximum absolute atomic E-state index is 14.1. The Balaban J connectivity index is 2.11. The van der Waals surface area contributed by atoms with E-state index in [0.717, 1.165) is 6.92 Å². The van der Waals surface area contributed by atoms with Crippen molar-refractivity contribution in [3.63, 3.8) is 0 Å². The van der Waals surface area contributed by atoms with Gasteiger partial charge in [-0.3, -0.25) is 14.4 Å². The zero-order chi connectivity index (χ0) is 36.5. The van der Waals surface area contributed by atoms with E-state index in [1.807, 2.05) is 19.9 Å². The summed E-state index contributed by atoms with van der Waals surface area (Å²) < 4.78 is 27.7. The van der Waals surface area contributed by atoms with Crippen molar-refractivity contribution < 1.29 is 68.4 Å². The van der Waals surface area contributed by atoms with Crippen LogP contribution in [0.15, 0.2) is 23.8 Å². The second-order valence-electron chi connectivity index (χ2n) is 13.8. The highest BCUT2D eigenvalue weighted by Crippen LogP contribution is 2.48. The number of aliphatic hydroxyl groups is 5. The Morgan fingerprint density at radius 2 is 1.75 bits per heavy atom. The van der Waals surface area contributed by atoms with Gasteiger partial charge in [0.15, 0.2) is 23.3 Å². The van der Waals surface area contributed by atoms with Gasteiger partial charge in [0, 0.05) is 38.2 Å². The quantitative estimate of drug-likeness (QED) is 0.145. The predicted molar refractivity (Wildman–Crippen MR) is 168 cm³/mol. The lowest BCUT2D eigenvalue weighted by atomic mass is 9.74. The van der Waals surface area contributed by atoms with Crippen LogP contribution in [0.3, 0.4) is 0 Å². The topological polar surface area (TPSA) is 219 Å². The lowest BCUT2D eigenvalue weighted by Gasteiger charge is -2.46. The molecule has 2 saturated heterocycles. The average molecular weight is 685 g/mol. The maximum atomic E-state index is 14.1. The largest absolute Gasteiger partial charge is 0.463 e. The number of ether oxygens (including phenoxy) is 5. The van der Waals surface area contributed by atoms with E-state index in [1.54, 1.807) is 26.8 Å². The molecule has 0 amide bonds.